The SMILES string of the molecule is CC(N)(Cc1cc(Br)cc2c1OCC2)c1ccccc1Br. The number of hydrogen-bond acceptors (Lipinski definition) is 2. The van der Waals surface area contributed by atoms with Crippen molar-refractivity contribution in [3.63, 3.8) is 0 Å². The molecule has 110 valence electrons. The van der Waals surface area contributed by atoms with E-state index in [-0.39, 0.29) is 0 Å². The molecule has 1 unspecified atom stereocenters. The van der Waals surface area contributed by atoms with E-state index in [2.05, 4.69) is 57.0 Å². The Morgan fingerprint density at radius 1 is 1.24 bits per heavy atom. The molecule has 1 heterocycles. The molecule has 1 aliphatic rings. The van der Waals surface area contributed by atoms with Gasteiger partial charge in [0.25, 0.3) is 0 Å². The van der Waals surface area contributed by atoms with E-state index in [0.29, 0.717) is 0 Å². The van der Waals surface area contributed by atoms with Crippen LogP contribution in [0.25, 0.3) is 0 Å². The molecule has 0 bridgehead atoms. The summed E-state index contributed by atoms with van der Waals surface area (Å²) in [5.74, 6) is 1.02. The van der Waals surface area contributed by atoms with Crippen LogP contribution in [0, 0.1) is 0 Å². The summed E-state index contributed by atoms with van der Waals surface area (Å²) in [6.45, 7) is 2.82. The number of ether oxygens (including phenoxy) is 1. The second-order valence-electron chi connectivity index (χ2n) is 5.73. The van der Waals surface area contributed by atoms with Gasteiger partial charge in [-0.25, -0.2) is 0 Å². The summed E-state index contributed by atoms with van der Waals surface area (Å²) in [4.78, 5) is 0. The number of benzene rings is 2. The Hall–Kier alpha value is -0.840. The highest BCUT2D eigenvalue weighted by atomic mass is 79.9. The number of rotatable bonds is 3. The lowest BCUT2D eigenvalue weighted by Gasteiger charge is -2.27. The standard InChI is InChI=1S/C17H17Br2NO/c1-17(20,14-4-2-3-5-15(14)19)10-12-9-13(18)8-11-6-7-21-16(11)12/h2-5,8-9H,6-7,10,20H2,1H3. The fourth-order valence-corrected chi connectivity index (χ4v) is 4.18. The number of hydrogen-bond donors (Lipinski definition) is 1. The Morgan fingerprint density at radius 2 is 2.00 bits per heavy atom. The second-order valence-corrected chi connectivity index (χ2v) is 7.50. The molecule has 1 aliphatic heterocycles. The van der Waals surface area contributed by atoms with Gasteiger partial charge in [0.2, 0.25) is 0 Å². The minimum atomic E-state index is -0.458. The van der Waals surface area contributed by atoms with Crippen LogP contribution in [0.2, 0.25) is 0 Å². The van der Waals surface area contributed by atoms with E-state index in [9.17, 15) is 0 Å². The Morgan fingerprint density at radius 3 is 2.76 bits per heavy atom. The number of fused-ring (bicyclic) bond motifs is 1. The lowest BCUT2D eigenvalue weighted by Crippen LogP contribution is -2.36. The summed E-state index contributed by atoms with van der Waals surface area (Å²) < 4.78 is 7.94. The van der Waals surface area contributed by atoms with Gasteiger partial charge < -0.3 is 10.5 Å². The average Bonchev–Trinajstić information content (AvgIpc) is 2.86. The second kappa shape index (κ2) is 5.75. The van der Waals surface area contributed by atoms with E-state index in [1.807, 2.05) is 18.2 Å². The minimum Gasteiger partial charge on any atom is -0.493 e. The van der Waals surface area contributed by atoms with E-state index < -0.39 is 5.54 Å². The van der Waals surface area contributed by atoms with Crippen molar-refractivity contribution in [2.24, 2.45) is 5.73 Å². The molecule has 2 nitrogen and oxygen atoms in total. The first-order valence-corrected chi connectivity index (χ1v) is 8.54. The first-order chi connectivity index (χ1) is 9.97. The van der Waals surface area contributed by atoms with Crippen LogP contribution < -0.4 is 10.5 Å². The summed E-state index contributed by atoms with van der Waals surface area (Å²) in [5, 5.41) is 0. The van der Waals surface area contributed by atoms with E-state index in [1.54, 1.807) is 0 Å². The third-order valence-electron chi connectivity index (χ3n) is 3.87. The van der Waals surface area contributed by atoms with E-state index in [0.717, 1.165) is 45.3 Å². The molecule has 2 aromatic carbocycles. The van der Waals surface area contributed by atoms with E-state index in [4.69, 9.17) is 10.5 Å². The molecule has 0 amide bonds. The maximum Gasteiger partial charge on any atom is 0.125 e. The van der Waals surface area contributed by atoms with Crippen molar-refractivity contribution in [2.75, 3.05) is 6.61 Å². The van der Waals surface area contributed by atoms with Crippen LogP contribution in [0.3, 0.4) is 0 Å². The largest absolute Gasteiger partial charge is 0.493 e. The Kier molecular flexibility index (Phi) is 4.12. The highest BCUT2D eigenvalue weighted by Crippen LogP contribution is 2.37. The van der Waals surface area contributed by atoms with Crippen LogP contribution >= 0.6 is 31.9 Å². The maximum absolute atomic E-state index is 6.61. The van der Waals surface area contributed by atoms with Gasteiger partial charge in [-0.15, -0.1) is 0 Å². The van der Waals surface area contributed by atoms with Gasteiger partial charge in [-0.2, -0.15) is 0 Å². The first kappa shape index (κ1) is 15.1. The molecule has 3 rings (SSSR count). The minimum absolute atomic E-state index is 0.458. The van der Waals surface area contributed by atoms with Crippen molar-refractivity contribution >= 4 is 31.9 Å². The van der Waals surface area contributed by atoms with Crippen LogP contribution in [0.4, 0.5) is 0 Å². The molecular formula is C17H17Br2NO. The lowest BCUT2D eigenvalue weighted by molar-refractivity contribution is 0.349. The van der Waals surface area contributed by atoms with E-state index >= 15 is 0 Å². The molecule has 0 saturated heterocycles. The zero-order valence-electron chi connectivity index (χ0n) is 11.8. The van der Waals surface area contributed by atoms with Crippen LogP contribution in [0.5, 0.6) is 5.75 Å². The normalized spacial score (nSPS) is 16.2. The summed E-state index contributed by atoms with van der Waals surface area (Å²) in [5.41, 5.74) is 9.70. The van der Waals surface area contributed by atoms with Crippen molar-refractivity contribution in [1.82, 2.24) is 0 Å². The van der Waals surface area contributed by atoms with Gasteiger partial charge in [0.05, 0.1) is 6.61 Å². The van der Waals surface area contributed by atoms with Crippen molar-refractivity contribution in [2.45, 2.75) is 25.3 Å². The average molecular weight is 411 g/mol. The van der Waals surface area contributed by atoms with Crippen molar-refractivity contribution in [3.8, 4) is 5.75 Å². The Labute approximate surface area is 141 Å². The molecule has 0 fully saturated rings. The Bertz CT molecular complexity index is 682. The molecule has 0 saturated carbocycles. The third-order valence-corrected chi connectivity index (χ3v) is 5.02. The molecule has 0 spiro atoms. The predicted octanol–water partition coefficient (Wildman–Crippen LogP) is 4.56. The summed E-state index contributed by atoms with van der Waals surface area (Å²) >= 11 is 7.19. The van der Waals surface area contributed by atoms with Gasteiger partial charge in [-0.3, -0.25) is 0 Å². The van der Waals surface area contributed by atoms with Gasteiger partial charge in [0, 0.05) is 20.9 Å². The highest BCUT2D eigenvalue weighted by molar-refractivity contribution is 9.10. The van der Waals surface area contributed by atoms with Gasteiger partial charge >= 0.3 is 0 Å². The van der Waals surface area contributed by atoms with E-state index in [1.165, 1.54) is 5.56 Å². The highest BCUT2D eigenvalue weighted by Gasteiger charge is 2.27. The quantitative estimate of drug-likeness (QED) is 0.804. The monoisotopic (exact) mass is 409 g/mol. The van der Waals surface area contributed by atoms with Gasteiger partial charge in [-0.05, 0) is 48.2 Å². The molecule has 1 atom stereocenters. The topological polar surface area (TPSA) is 35.2 Å². The molecule has 0 aromatic heterocycles. The zero-order chi connectivity index (χ0) is 15.0. The third kappa shape index (κ3) is 3.03. The predicted molar refractivity (Wildman–Crippen MR) is 92.7 cm³/mol. The zero-order valence-corrected chi connectivity index (χ0v) is 15.0. The summed E-state index contributed by atoms with van der Waals surface area (Å²) in [6, 6.07) is 12.4. The van der Waals surface area contributed by atoms with Crippen LogP contribution in [-0.2, 0) is 18.4 Å². The first-order valence-electron chi connectivity index (χ1n) is 6.95. The molecular weight excluding hydrogens is 394 g/mol. The number of halogens is 2. The van der Waals surface area contributed by atoms with Crippen molar-refractivity contribution < 1.29 is 4.74 Å². The maximum atomic E-state index is 6.61. The van der Waals surface area contributed by atoms with Crippen molar-refractivity contribution in [3.05, 3.63) is 62.0 Å². The molecule has 0 aliphatic carbocycles. The van der Waals surface area contributed by atoms with Crippen LogP contribution in [0.15, 0.2) is 45.3 Å². The fraction of sp³-hybridized carbons (Fsp3) is 0.294. The Balaban J connectivity index is 1.99. The molecule has 2 aromatic rings. The lowest BCUT2D eigenvalue weighted by atomic mass is 9.86. The van der Waals surface area contributed by atoms with Gasteiger partial charge in [0.15, 0.2) is 0 Å². The number of nitrogens with two attached hydrogens (primary N) is 1. The molecule has 4 heteroatoms. The smallest absolute Gasteiger partial charge is 0.125 e. The summed E-state index contributed by atoms with van der Waals surface area (Å²) in [7, 11) is 0. The molecule has 0 radical (unpaired) electrons. The molecule has 2 N–H and O–H groups in total. The van der Waals surface area contributed by atoms with Crippen molar-refractivity contribution in [1.29, 1.82) is 0 Å². The van der Waals surface area contributed by atoms with Gasteiger partial charge in [0.1, 0.15) is 5.75 Å². The molecule has 21 heavy (non-hydrogen) atoms. The van der Waals surface area contributed by atoms with Crippen LogP contribution in [-0.4, -0.2) is 6.61 Å². The van der Waals surface area contributed by atoms with Gasteiger partial charge in [-0.1, -0.05) is 50.1 Å². The van der Waals surface area contributed by atoms with Crippen LogP contribution in [0.1, 0.15) is 23.6 Å². The fourth-order valence-electron chi connectivity index (χ4n) is 2.89. The summed E-state index contributed by atoms with van der Waals surface area (Å²) in [6.07, 6.45) is 1.70.